The normalized spacial score (nSPS) is 14.8. The Morgan fingerprint density at radius 3 is 1.50 bits per heavy atom. The van der Waals surface area contributed by atoms with Crippen LogP contribution in [0.5, 0.6) is 0 Å². The molecule has 2 aromatic carbocycles. The molecule has 2 aromatic rings. The van der Waals surface area contributed by atoms with Gasteiger partial charge in [-0.15, -0.1) is 0 Å². The Hall–Kier alpha value is -1.47. The van der Waals surface area contributed by atoms with Gasteiger partial charge in [0.2, 0.25) is 0 Å². The van der Waals surface area contributed by atoms with E-state index in [2.05, 4.69) is 60.7 Å². The molecule has 1 fully saturated rings. The van der Waals surface area contributed by atoms with Crippen molar-refractivity contribution in [3.63, 3.8) is 0 Å². The van der Waals surface area contributed by atoms with Crippen LogP contribution >= 0.6 is 0 Å². The van der Waals surface area contributed by atoms with Crippen molar-refractivity contribution in [2.75, 3.05) is 0 Å². The summed E-state index contributed by atoms with van der Waals surface area (Å²) in [5.41, 5.74) is 0. The highest BCUT2D eigenvalue weighted by atomic mass is 28.2. The third-order valence-electron chi connectivity index (χ3n) is 3.69. The topological polar surface area (TPSA) is 0 Å². The average Bonchev–Trinajstić information content (AvgIpc) is 2.95. The zero-order valence-electron chi connectivity index (χ0n) is 10.6. The molecule has 0 spiro atoms. The van der Waals surface area contributed by atoms with E-state index in [4.69, 9.17) is 0 Å². The molecule has 1 aliphatic carbocycles. The number of hydrogen-bond acceptors (Lipinski definition) is 0. The Kier molecular flexibility index (Phi) is 3.51. The van der Waals surface area contributed by atoms with Gasteiger partial charge in [0.15, 0.2) is 0 Å². The molecule has 0 atom stereocenters. The molecule has 0 saturated heterocycles. The summed E-state index contributed by atoms with van der Waals surface area (Å²) in [5, 5.41) is 4.91. The van der Waals surface area contributed by atoms with Crippen LogP contribution in [0.2, 0.25) is 0 Å². The molecule has 1 aliphatic rings. The van der Waals surface area contributed by atoms with Crippen molar-refractivity contribution in [3.8, 4) is 0 Å². The lowest BCUT2D eigenvalue weighted by Gasteiger charge is -2.11. The lowest BCUT2D eigenvalue weighted by molar-refractivity contribution is 0.886. The lowest BCUT2D eigenvalue weighted by atomic mass is 10.4. The fraction of sp³-hybridized carbons (Fsp3) is 0.235. The monoisotopic (exact) mass is 250 g/mol. The second kappa shape index (κ2) is 5.45. The van der Waals surface area contributed by atoms with Gasteiger partial charge in [0.05, 0.1) is 8.41 Å². The molecular weight excluding hydrogens is 232 g/mol. The maximum absolute atomic E-state index is 2.31. The van der Waals surface area contributed by atoms with Gasteiger partial charge in [0, 0.05) is 0 Å². The zero-order chi connectivity index (χ0) is 12.2. The Morgan fingerprint density at radius 2 is 1.06 bits per heavy atom. The summed E-state index contributed by atoms with van der Waals surface area (Å²) < 4.78 is 0. The van der Waals surface area contributed by atoms with E-state index in [1.165, 1.54) is 25.7 Å². The fourth-order valence-electron chi connectivity index (χ4n) is 2.84. The van der Waals surface area contributed by atoms with Crippen LogP contribution in [0, 0.1) is 0 Å². The van der Waals surface area contributed by atoms with Crippen LogP contribution in [0.1, 0.15) is 25.7 Å². The van der Waals surface area contributed by atoms with E-state index in [0.717, 1.165) is 0 Å². The summed E-state index contributed by atoms with van der Waals surface area (Å²) in [5.74, 6) is 0. The van der Waals surface area contributed by atoms with Gasteiger partial charge in [-0.05, 0) is 36.1 Å². The predicted octanol–water partition coefficient (Wildman–Crippen LogP) is 2.62. The Balaban J connectivity index is 2.14. The summed E-state index contributed by atoms with van der Waals surface area (Å²) in [4.78, 5) is 0. The molecule has 0 unspecified atom stereocenters. The van der Waals surface area contributed by atoms with Gasteiger partial charge in [-0.3, -0.25) is 0 Å². The molecule has 1 saturated carbocycles. The van der Waals surface area contributed by atoms with Gasteiger partial charge in [-0.2, -0.15) is 0 Å². The van der Waals surface area contributed by atoms with Crippen LogP contribution < -0.4 is 10.4 Å². The molecular formula is C17H18Si. The molecule has 0 aromatic heterocycles. The van der Waals surface area contributed by atoms with Crippen molar-refractivity contribution < 1.29 is 0 Å². The quantitative estimate of drug-likeness (QED) is 0.719. The highest BCUT2D eigenvalue weighted by Crippen LogP contribution is 2.14. The van der Waals surface area contributed by atoms with E-state index in [1.54, 1.807) is 10.4 Å². The minimum Gasteiger partial charge on any atom is -0.0809 e. The van der Waals surface area contributed by atoms with Crippen molar-refractivity contribution in [2.24, 2.45) is 0 Å². The van der Waals surface area contributed by atoms with Crippen LogP contribution in [0.3, 0.4) is 0 Å². The molecule has 0 amide bonds. The SMILES string of the molecule is c1ccc([Si](=C2CCCC2)c2ccccc2)cc1. The van der Waals surface area contributed by atoms with Gasteiger partial charge in [-0.25, -0.2) is 0 Å². The van der Waals surface area contributed by atoms with E-state index < -0.39 is 8.41 Å². The zero-order valence-corrected chi connectivity index (χ0v) is 11.6. The van der Waals surface area contributed by atoms with Crippen LogP contribution in [-0.4, -0.2) is 13.6 Å². The smallest absolute Gasteiger partial charge is 0.0792 e. The first kappa shape index (κ1) is 11.6. The van der Waals surface area contributed by atoms with Crippen molar-refractivity contribution >= 4 is 24.0 Å². The number of rotatable bonds is 2. The molecule has 0 nitrogen and oxygen atoms in total. The van der Waals surface area contributed by atoms with Crippen LogP contribution in [0.25, 0.3) is 0 Å². The van der Waals surface area contributed by atoms with Gasteiger partial charge >= 0.3 is 0 Å². The van der Waals surface area contributed by atoms with E-state index >= 15 is 0 Å². The first-order valence-corrected chi connectivity index (χ1v) is 8.28. The maximum Gasteiger partial charge on any atom is 0.0792 e. The molecule has 18 heavy (non-hydrogen) atoms. The maximum atomic E-state index is 2.31. The molecule has 0 heterocycles. The standard InChI is InChI=1S/C17H18Si/c1-3-9-15(10-4-1)18(17-13-7-8-14-17)16-11-5-2-6-12-16/h1-6,9-12H,7-8,13-14H2. The van der Waals surface area contributed by atoms with E-state index in [0.29, 0.717) is 0 Å². The minimum absolute atomic E-state index is 0.661. The van der Waals surface area contributed by atoms with Crippen molar-refractivity contribution in [1.82, 2.24) is 0 Å². The number of benzene rings is 2. The summed E-state index contributed by atoms with van der Waals surface area (Å²) in [6.45, 7) is 0. The molecule has 0 bridgehead atoms. The van der Waals surface area contributed by atoms with Gasteiger partial charge in [0.25, 0.3) is 0 Å². The van der Waals surface area contributed by atoms with Gasteiger partial charge < -0.3 is 0 Å². The van der Waals surface area contributed by atoms with E-state index in [9.17, 15) is 0 Å². The third-order valence-corrected chi connectivity index (χ3v) is 6.71. The van der Waals surface area contributed by atoms with E-state index in [-0.39, 0.29) is 0 Å². The third kappa shape index (κ3) is 2.36. The summed E-state index contributed by atoms with van der Waals surface area (Å²) >= 11 is 0. The van der Waals surface area contributed by atoms with Crippen LogP contribution in [0.4, 0.5) is 0 Å². The van der Waals surface area contributed by atoms with Gasteiger partial charge in [0.1, 0.15) is 0 Å². The molecule has 0 aliphatic heterocycles. The highest BCUT2D eigenvalue weighted by Gasteiger charge is 2.16. The average molecular weight is 250 g/mol. The molecule has 0 N–H and O–H groups in total. The summed E-state index contributed by atoms with van der Waals surface area (Å²) in [6, 6.07) is 22.2. The van der Waals surface area contributed by atoms with E-state index in [1.807, 2.05) is 5.17 Å². The highest BCUT2D eigenvalue weighted by molar-refractivity contribution is 6.92. The van der Waals surface area contributed by atoms with Crippen molar-refractivity contribution in [3.05, 3.63) is 60.7 Å². The van der Waals surface area contributed by atoms with Crippen LogP contribution in [0.15, 0.2) is 60.7 Å². The number of hydrogen-bond donors (Lipinski definition) is 0. The molecule has 0 radical (unpaired) electrons. The van der Waals surface area contributed by atoms with Crippen molar-refractivity contribution in [2.45, 2.75) is 25.7 Å². The molecule has 1 heteroatoms. The second-order valence-corrected chi connectivity index (χ2v) is 7.53. The Morgan fingerprint density at radius 1 is 0.611 bits per heavy atom. The Labute approximate surface area is 111 Å². The van der Waals surface area contributed by atoms with Crippen molar-refractivity contribution in [1.29, 1.82) is 0 Å². The van der Waals surface area contributed by atoms with Crippen LogP contribution in [-0.2, 0) is 0 Å². The Bertz CT molecular complexity index is 491. The molecule has 3 rings (SSSR count). The molecule has 90 valence electrons. The van der Waals surface area contributed by atoms with Gasteiger partial charge in [-0.1, -0.05) is 65.8 Å². The second-order valence-electron chi connectivity index (χ2n) is 4.92. The minimum atomic E-state index is -0.661. The lowest BCUT2D eigenvalue weighted by Crippen LogP contribution is -2.39. The first-order valence-electron chi connectivity index (χ1n) is 6.78. The predicted molar refractivity (Wildman–Crippen MR) is 81.4 cm³/mol. The largest absolute Gasteiger partial charge is 0.0809 e. The fourth-order valence-corrected chi connectivity index (χ4v) is 5.89. The summed E-state index contributed by atoms with van der Waals surface area (Å²) in [7, 11) is -0.661. The first-order chi connectivity index (χ1) is 8.95. The summed E-state index contributed by atoms with van der Waals surface area (Å²) in [6.07, 6.45) is 5.47.